The Labute approximate surface area is 160 Å². The van der Waals surface area contributed by atoms with Crippen molar-refractivity contribution in [2.45, 2.75) is 57.9 Å². The average molecular weight is 365 g/mol. The molecule has 2 atom stereocenters. The van der Waals surface area contributed by atoms with E-state index >= 15 is 0 Å². The maximum absolute atomic E-state index is 12.4. The maximum atomic E-state index is 12.4. The Balaban J connectivity index is 1.73. The van der Waals surface area contributed by atoms with Gasteiger partial charge in [-0.25, -0.2) is 4.79 Å². The summed E-state index contributed by atoms with van der Waals surface area (Å²) in [6.45, 7) is 4.13. The van der Waals surface area contributed by atoms with Crippen LogP contribution < -0.4 is 5.32 Å². The van der Waals surface area contributed by atoms with Crippen LogP contribution >= 0.6 is 0 Å². The van der Waals surface area contributed by atoms with Crippen LogP contribution in [0.4, 0.5) is 0 Å². The van der Waals surface area contributed by atoms with E-state index in [1.807, 2.05) is 19.1 Å². The highest BCUT2D eigenvalue weighted by molar-refractivity contribution is 5.84. The van der Waals surface area contributed by atoms with Gasteiger partial charge in [0.05, 0.1) is 0 Å². The zero-order valence-corrected chi connectivity index (χ0v) is 16.0. The number of carboxylic acids is 1. The fourth-order valence-electron chi connectivity index (χ4n) is 4.09. The largest absolute Gasteiger partial charge is 0.480 e. The van der Waals surface area contributed by atoms with Crippen LogP contribution in [0.5, 0.6) is 0 Å². The van der Waals surface area contributed by atoms with Gasteiger partial charge in [-0.05, 0) is 47.6 Å². The second-order valence-corrected chi connectivity index (χ2v) is 7.32. The summed E-state index contributed by atoms with van der Waals surface area (Å²) in [6.07, 6.45) is 3.18. The minimum atomic E-state index is -0.954. The number of benzene rings is 2. The summed E-state index contributed by atoms with van der Waals surface area (Å²) in [6, 6.07) is 13.9. The number of fused-ring (bicyclic) bond motifs is 3. The van der Waals surface area contributed by atoms with Gasteiger partial charge in [-0.2, -0.15) is 0 Å². The third-order valence-corrected chi connectivity index (χ3v) is 5.44. The molecular weight excluding hydrogens is 338 g/mol. The molecule has 0 aliphatic heterocycles. The normalized spacial score (nSPS) is 15.7. The van der Waals surface area contributed by atoms with Gasteiger partial charge in [-0.3, -0.25) is 4.79 Å². The van der Waals surface area contributed by atoms with Gasteiger partial charge in [-0.1, -0.05) is 62.2 Å². The standard InChI is InChI=1S/C23H27NO3/c1-3-4-12-20(23(26)27)24-21(25)14-13-19-17-10-6-5-9-16(17)18-11-7-8-15(2)22(18)19/h5-11,19-20H,3-4,12-14H2,1-2H3,(H,24,25)(H,26,27)/t19?,20-/m0/s1. The van der Waals surface area contributed by atoms with Crippen molar-refractivity contribution in [1.29, 1.82) is 0 Å². The molecule has 0 radical (unpaired) electrons. The van der Waals surface area contributed by atoms with E-state index in [-0.39, 0.29) is 11.8 Å². The Morgan fingerprint density at radius 2 is 1.85 bits per heavy atom. The minimum absolute atomic E-state index is 0.182. The Morgan fingerprint density at radius 3 is 2.59 bits per heavy atom. The van der Waals surface area contributed by atoms with Crippen LogP contribution in [0.3, 0.4) is 0 Å². The van der Waals surface area contributed by atoms with Crippen molar-refractivity contribution in [1.82, 2.24) is 5.32 Å². The van der Waals surface area contributed by atoms with Crippen LogP contribution in [0, 0.1) is 6.92 Å². The zero-order chi connectivity index (χ0) is 19.4. The predicted molar refractivity (Wildman–Crippen MR) is 107 cm³/mol. The Kier molecular flexibility index (Phi) is 5.94. The van der Waals surface area contributed by atoms with Gasteiger partial charge < -0.3 is 10.4 Å². The number of carboxylic acid groups (broad SMARTS) is 1. The molecule has 1 aliphatic rings. The summed E-state index contributed by atoms with van der Waals surface area (Å²) < 4.78 is 0. The summed E-state index contributed by atoms with van der Waals surface area (Å²) in [5, 5.41) is 12.0. The molecular formula is C23H27NO3. The summed E-state index contributed by atoms with van der Waals surface area (Å²) in [7, 11) is 0. The number of nitrogens with one attached hydrogen (secondary N) is 1. The monoisotopic (exact) mass is 365 g/mol. The molecule has 2 aromatic rings. The lowest BCUT2D eigenvalue weighted by atomic mass is 9.89. The van der Waals surface area contributed by atoms with E-state index in [4.69, 9.17) is 0 Å². The topological polar surface area (TPSA) is 66.4 Å². The van der Waals surface area contributed by atoms with E-state index < -0.39 is 12.0 Å². The molecule has 0 saturated heterocycles. The molecule has 142 valence electrons. The number of hydrogen-bond donors (Lipinski definition) is 2. The van der Waals surface area contributed by atoms with E-state index in [0.717, 1.165) is 12.8 Å². The molecule has 0 fully saturated rings. The molecule has 0 saturated carbocycles. The van der Waals surface area contributed by atoms with Gasteiger partial charge in [0.15, 0.2) is 0 Å². The highest BCUT2D eigenvalue weighted by Crippen LogP contribution is 2.47. The van der Waals surface area contributed by atoms with E-state index in [1.54, 1.807) is 0 Å². The number of carbonyl (C=O) groups is 2. The molecule has 1 unspecified atom stereocenters. The maximum Gasteiger partial charge on any atom is 0.326 e. The first-order chi connectivity index (χ1) is 13.0. The van der Waals surface area contributed by atoms with Crippen LogP contribution in [0.25, 0.3) is 11.1 Å². The van der Waals surface area contributed by atoms with Gasteiger partial charge in [0.2, 0.25) is 5.91 Å². The van der Waals surface area contributed by atoms with Gasteiger partial charge in [0, 0.05) is 12.3 Å². The fraction of sp³-hybridized carbons (Fsp3) is 0.391. The van der Waals surface area contributed by atoms with Crippen molar-refractivity contribution in [3.8, 4) is 11.1 Å². The van der Waals surface area contributed by atoms with Gasteiger partial charge in [-0.15, -0.1) is 0 Å². The quantitative estimate of drug-likeness (QED) is 0.716. The average Bonchev–Trinajstić information content (AvgIpc) is 2.98. The van der Waals surface area contributed by atoms with Crippen LogP contribution in [-0.2, 0) is 9.59 Å². The molecule has 0 spiro atoms. The highest BCUT2D eigenvalue weighted by Gasteiger charge is 2.30. The van der Waals surface area contributed by atoms with E-state index in [1.165, 1.54) is 27.8 Å². The van der Waals surface area contributed by atoms with Crippen molar-refractivity contribution >= 4 is 11.9 Å². The number of amides is 1. The number of rotatable bonds is 8. The van der Waals surface area contributed by atoms with Crippen molar-refractivity contribution in [2.75, 3.05) is 0 Å². The lowest BCUT2D eigenvalue weighted by Gasteiger charge is -2.17. The molecule has 0 aromatic heterocycles. The Morgan fingerprint density at radius 1 is 1.11 bits per heavy atom. The summed E-state index contributed by atoms with van der Waals surface area (Å²) in [5.74, 6) is -0.954. The van der Waals surface area contributed by atoms with E-state index in [2.05, 4.69) is 42.6 Å². The van der Waals surface area contributed by atoms with Gasteiger partial charge in [0.25, 0.3) is 0 Å². The van der Waals surface area contributed by atoms with Crippen molar-refractivity contribution in [2.24, 2.45) is 0 Å². The van der Waals surface area contributed by atoms with Crippen molar-refractivity contribution < 1.29 is 14.7 Å². The first-order valence-corrected chi connectivity index (χ1v) is 9.74. The summed E-state index contributed by atoms with van der Waals surface area (Å²) >= 11 is 0. The number of aryl methyl sites for hydroxylation is 1. The first kappa shape index (κ1) is 19.2. The van der Waals surface area contributed by atoms with Crippen LogP contribution in [0.15, 0.2) is 42.5 Å². The molecule has 27 heavy (non-hydrogen) atoms. The Hall–Kier alpha value is -2.62. The zero-order valence-electron chi connectivity index (χ0n) is 16.0. The fourth-order valence-corrected chi connectivity index (χ4v) is 4.09. The SMILES string of the molecule is CCCC[C@H](NC(=O)CCC1c2ccccc2-c2cccc(C)c21)C(=O)O. The van der Waals surface area contributed by atoms with Crippen molar-refractivity contribution in [3.05, 3.63) is 59.2 Å². The number of unbranched alkanes of at least 4 members (excludes halogenated alkanes) is 1. The molecule has 0 heterocycles. The second-order valence-electron chi connectivity index (χ2n) is 7.32. The van der Waals surface area contributed by atoms with Crippen LogP contribution in [-0.4, -0.2) is 23.0 Å². The van der Waals surface area contributed by atoms with Gasteiger partial charge in [0.1, 0.15) is 6.04 Å². The number of carbonyl (C=O) groups excluding carboxylic acids is 1. The van der Waals surface area contributed by atoms with Crippen LogP contribution in [0.1, 0.15) is 61.6 Å². The van der Waals surface area contributed by atoms with E-state index in [9.17, 15) is 14.7 Å². The van der Waals surface area contributed by atoms with Gasteiger partial charge >= 0.3 is 5.97 Å². The first-order valence-electron chi connectivity index (χ1n) is 9.74. The lowest BCUT2D eigenvalue weighted by Crippen LogP contribution is -2.40. The van der Waals surface area contributed by atoms with Crippen LogP contribution in [0.2, 0.25) is 0 Å². The highest BCUT2D eigenvalue weighted by atomic mass is 16.4. The molecule has 4 heteroatoms. The predicted octanol–water partition coefficient (Wildman–Crippen LogP) is 4.65. The molecule has 0 bridgehead atoms. The smallest absolute Gasteiger partial charge is 0.326 e. The third-order valence-electron chi connectivity index (χ3n) is 5.44. The molecule has 3 rings (SSSR count). The summed E-state index contributed by atoms with van der Waals surface area (Å²) in [4.78, 5) is 23.8. The molecule has 1 amide bonds. The summed E-state index contributed by atoms with van der Waals surface area (Å²) in [5.41, 5.74) is 6.29. The molecule has 2 aromatic carbocycles. The van der Waals surface area contributed by atoms with E-state index in [0.29, 0.717) is 19.3 Å². The molecule has 1 aliphatic carbocycles. The minimum Gasteiger partial charge on any atom is -0.480 e. The second kappa shape index (κ2) is 8.38. The third kappa shape index (κ3) is 4.05. The number of hydrogen-bond acceptors (Lipinski definition) is 2. The Bertz CT molecular complexity index is 843. The molecule has 4 nitrogen and oxygen atoms in total. The van der Waals surface area contributed by atoms with Crippen molar-refractivity contribution in [3.63, 3.8) is 0 Å². The molecule has 2 N–H and O–H groups in total. The number of aliphatic carboxylic acids is 1. The lowest BCUT2D eigenvalue weighted by molar-refractivity contribution is -0.142.